The number of nitrogen functional groups attached to an aromatic ring is 1. The Balaban J connectivity index is 1.67. The molecule has 0 aliphatic rings. The molecule has 0 bridgehead atoms. The number of nitrogens with zero attached hydrogens (tertiary/aromatic N) is 2. The topological polar surface area (TPSA) is 99.2 Å². The van der Waals surface area contributed by atoms with Crippen molar-refractivity contribution >= 4 is 29.5 Å². The van der Waals surface area contributed by atoms with Gasteiger partial charge in [0.05, 0.1) is 19.0 Å². The molecule has 0 saturated carbocycles. The molecule has 28 heavy (non-hydrogen) atoms. The number of ether oxygens (including phenoxy) is 1. The van der Waals surface area contributed by atoms with Crippen LogP contribution in [-0.2, 0) is 11.3 Å². The van der Waals surface area contributed by atoms with E-state index in [1.54, 1.807) is 36.0 Å². The fraction of sp³-hybridized carbons (Fsp3) is 0.150. The molecule has 3 rings (SSSR count). The first-order chi connectivity index (χ1) is 13.5. The number of amides is 1. The van der Waals surface area contributed by atoms with Gasteiger partial charge in [0, 0.05) is 17.0 Å². The van der Waals surface area contributed by atoms with Crippen molar-refractivity contribution in [2.75, 3.05) is 19.1 Å². The molecule has 0 aliphatic heterocycles. The molecule has 0 spiro atoms. The number of rotatable bonds is 6. The van der Waals surface area contributed by atoms with Crippen molar-refractivity contribution in [3.8, 4) is 5.69 Å². The summed E-state index contributed by atoms with van der Waals surface area (Å²) < 4.78 is 6.08. The SMILES string of the molecule is COC(=O)c1cnn(-c2ccc(C(=O)NCc3ccc(SC)cc3)cc2)c1N. The highest BCUT2D eigenvalue weighted by Crippen LogP contribution is 2.18. The van der Waals surface area contributed by atoms with E-state index >= 15 is 0 Å². The third kappa shape index (κ3) is 4.17. The Bertz CT molecular complexity index is 982. The molecule has 0 unspecified atom stereocenters. The van der Waals surface area contributed by atoms with Crippen LogP contribution < -0.4 is 11.1 Å². The van der Waals surface area contributed by atoms with Crippen LogP contribution in [0, 0.1) is 0 Å². The molecule has 0 saturated heterocycles. The van der Waals surface area contributed by atoms with Gasteiger partial charge in [-0.3, -0.25) is 4.79 Å². The lowest BCUT2D eigenvalue weighted by Crippen LogP contribution is -2.22. The predicted molar refractivity (Wildman–Crippen MR) is 109 cm³/mol. The molecule has 0 fully saturated rings. The van der Waals surface area contributed by atoms with Gasteiger partial charge in [0.1, 0.15) is 11.4 Å². The van der Waals surface area contributed by atoms with E-state index < -0.39 is 5.97 Å². The molecular formula is C20H20N4O3S. The van der Waals surface area contributed by atoms with Crippen molar-refractivity contribution < 1.29 is 14.3 Å². The maximum Gasteiger partial charge on any atom is 0.343 e. The second-order valence-corrected chi connectivity index (χ2v) is 6.80. The fourth-order valence-corrected chi connectivity index (χ4v) is 3.02. The van der Waals surface area contributed by atoms with Gasteiger partial charge >= 0.3 is 5.97 Å². The smallest absolute Gasteiger partial charge is 0.343 e. The second kappa shape index (κ2) is 8.62. The number of methoxy groups -OCH3 is 1. The summed E-state index contributed by atoms with van der Waals surface area (Å²) in [4.78, 5) is 25.2. The molecule has 8 heteroatoms. The first kappa shape index (κ1) is 19.5. The van der Waals surface area contributed by atoms with Gasteiger partial charge in [-0.1, -0.05) is 12.1 Å². The number of benzene rings is 2. The van der Waals surface area contributed by atoms with E-state index in [-0.39, 0.29) is 17.3 Å². The first-order valence-corrected chi connectivity index (χ1v) is 9.69. The molecule has 1 amide bonds. The molecule has 0 atom stereocenters. The second-order valence-electron chi connectivity index (χ2n) is 5.92. The van der Waals surface area contributed by atoms with Crippen molar-refractivity contribution in [3.05, 3.63) is 71.4 Å². The van der Waals surface area contributed by atoms with Gasteiger partial charge in [0.25, 0.3) is 5.91 Å². The average molecular weight is 396 g/mol. The van der Waals surface area contributed by atoms with E-state index in [0.717, 1.165) is 5.56 Å². The molecule has 2 aromatic carbocycles. The monoisotopic (exact) mass is 396 g/mol. The number of nitrogens with one attached hydrogen (secondary N) is 1. The van der Waals surface area contributed by atoms with Crippen LogP contribution in [0.25, 0.3) is 5.69 Å². The molecule has 7 nitrogen and oxygen atoms in total. The van der Waals surface area contributed by atoms with Crippen LogP contribution in [0.2, 0.25) is 0 Å². The summed E-state index contributed by atoms with van der Waals surface area (Å²) in [6.07, 6.45) is 3.37. The van der Waals surface area contributed by atoms with Crippen LogP contribution in [0.15, 0.2) is 59.6 Å². The summed E-state index contributed by atoms with van der Waals surface area (Å²) in [6.45, 7) is 0.448. The maximum atomic E-state index is 12.4. The molecule has 3 N–H and O–H groups in total. The van der Waals surface area contributed by atoms with Crippen LogP contribution in [0.4, 0.5) is 5.82 Å². The lowest BCUT2D eigenvalue weighted by Gasteiger charge is -2.08. The number of carbonyl (C=O) groups excluding carboxylic acids is 2. The minimum atomic E-state index is -0.551. The fourth-order valence-electron chi connectivity index (χ4n) is 2.61. The third-order valence-corrected chi connectivity index (χ3v) is 4.94. The molecule has 1 aromatic heterocycles. The van der Waals surface area contributed by atoms with Crippen molar-refractivity contribution in [2.45, 2.75) is 11.4 Å². The zero-order chi connectivity index (χ0) is 20.1. The Kier molecular flexibility index (Phi) is 6.00. The Morgan fingerprint density at radius 3 is 2.43 bits per heavy atom. The summed E-state index contributed by atoms with van der Waals surface area (Å²) in [5, 5.41) is 7.00. The molecule has 1 heterocycles. The number of thioether (sulfide) groups is 1. The lowest BCUT2D eigenvalue weighted by atomic mass is 10.1. The molecule has 144 valence electrons. The number of carbonyl (C=O) groups is 2. The Morgan fingerprint density at radius 2 is 1.82 bits per heavy atom. The van der Waals surface area contributed by atoms with E-state index in [9.17, 15) is 9.59 Å². The molecule has 0 radical (unpaired) electrons. The minimum absolute atomic E-state index is 0.177. The van der Waals surface area contributed by atoms with Crippen LogP contribution >= 0.6 is 11.8 Å². The Morgan fingerprint density at radius 1 is 1.14 bits per heavy atom. The Hall–Kier alpha value is -3.26. The van der Waals surface area contributed by atoms with E-state index in [0.29, 0.717) is 17.8 Å². The van der Waals surface area contributed by atoms with Gasteiger partial charge in [0.2, 0.25) is 0 Å². The number of hydrogen-bond donors (Lipinski definition) is 2. The quantitative estimate of drug-likeness (QED) is 0.491. The molecular weight excluding hydrogens is 376 g/mol. The number of aromatic nitrogens is 2. The molecule has 0 aliphatic carbocycles. The van der Waals surface area contributed by atoms with E-state index in [1.165, 1.54) is 22.9 Å². The number of anilines is 1. The first-order valence-electron chi connectivity index (χ1n) is 8.47. The number of hydrogen-bond acceptors (Lipinski definition) is 6. The van der Waals surface area contributed by atoms with Crippen LogP contribution in [0.3, 0.4) is 0 Å². The predicted octanol–water partition coefficient (Wildman–Crippen LogP) is 2.89. The Labute approximate surface area is 166 Å². The minimum Gasteiger partial charge on any atom is -0.465 e. The average Bonchev–Trinajstić information content (AvgIpc) is 3.13. The normalized spacial score (nSPS) is 10.5. The van der Waals surface area contributed by atoms with Crippen LogP contribution in [0.5, 0.6) is 0 Å². The van der Waals surface area contributed by atoms with Crippen molar-refractivity contribution in [1.82, 2.24) is 15.1 Å². The highest BCUT2D eigenvalue weighted by Gasteiger charge is 2.16. The number of nitrogens with two attached hydrogens (primary N) is 1. The maximum absolute atomic E-state index is 12.4. The standard InChI is InChI=1S/C20H20N4O3S/c1-27-20(26)17-12-23-24(18(17)21)15-7-5-14(6-8-15)19(25)22-11-13-3-9-16(28-2)10-4-13/h3-10,12H,11,21H2,1-2H3,(H,22,25). The van der Waals surface area contributed by atoms with Gasteiger partial charge in [-0.15, -0.1) is 11.8 Å². The highest BCUT2D eigenvalue weighted by atomic mass is 32.2. The molecule has 3 aromatic rings. The van der Waals surface area contributed by atoms with Crippen LogP contribution in [0.1, 0.15) is 26.3 Å². The summed E-state index contributed by atoms with van der Waals surface area (Å²) in [5.41, 5.74) is 8.34. The lowest BCUT2D eigenvalue weighted by molar-refractivity contribution is 0.0601. The summed E-state index contributed by atoms with van der Waals surface area (Å²) >= 11 is 1.67. The summed E-state index contributed by atoms with van der Waals surface area (Å²) in [7, 11) is 1.28. The largest absolute Gasteiger partial charge is 0.465 e. The van der Waals surface area contributed by atoms with E-state index in [2.05, 4.69) is 15.2 Å². The van der Waals surface area contributed by atoms with E-state index in [1.807, 2.05) is 30.5 Å². The summed E-state index contributed by atoms with van der Waals surface area (Å²) in [5.74, 6) is -0.549. The van der Waals surface area contributed by atoms with Gasteiger partial charge in [-0.2, -0.15) is 5.10 Å². The third-order valence-electron chi connectivity index (χ3n) is 4.20. The summed E-state index contributed by atoms with van der Waals surface area (Å²) in [6, 6.07) is 14.8. The van der Waals surface area contributed by atoms with Gasteiger partial charge in [-0.05, 0) is 48.2 Å². The zero-order valence-corrected chi connectivity index (χ0v) is 16.3. The van der Waals surface area contributed by atoms with Crippen molar-refractivity contribution in [2.24, 2.45) is 0 Å². The van der Waals surface area contributed by atoms with Gasteiger partial charge in [0.15, 0.2) is 0 Å². The van der Waals surface area contributed by atoms with Gasteiger partial charge in [-0.25, -0.2) is 9.48 Å². The van der Waals surface area contributed by atoms with Crippen LogP contribution in [-0.4, -0.2) is 35.0 Å². The number of esters is 1. The zero-order valence-electron chi connectivity index (χ0n) is 15.5. The van der Waals surface area contributed by atoms with E-state index in [4.69, 9.17) is 5.73 Å². The van der Waals surface area contributed by atoms with Gasteiger partial charge < -0.3 is 15.8 Å². The van der Waals surface area contributed by atoms with Crippen molar-refractivity contribution in [3.63, 3.8) is 0 Å². The highest BCUT2D eigenvalue weighted by molar-refractivity contribution is 7.98. The van der Waals surface area contributed by atoms with Crippen molar-refractivity contribution in [1.29, 1.82) is 0 Å².